The second kappa shape index (κ2) is 6.78. The highest BCUT2D eigenvalue weighted by atomic mass is 79.9. The zero-order valence-corrected chi connectivity index (χ0v) is 12.3. The molecule has 1 heterocycles. The Morgan fingerprint density at radius 2 is 2.11 bits per heavy atom. The Hall–Kier alpha value is -1.26. The lowest BCUT2D eigenvalue weighted by Gasteiger charge is -2.19. The van der Waals surface area contributed by atoms with E-state index < -0.39 is 0 Å². The zero-order chi connectivity index (χ0) is 13.7. The second-order valence-electron chi connectivity index (χ2n) is 4.35. The van der Waals surface area contributed by atoms with Gasteiger partial charge in [-0.3, -0.25) is 4.98 Å². The molecule has 1 aromatic carbocycles. The highest BCUT2D eigenvalue weighted by molar-refractivity contribution is 9.10. The number of halogens is 2. The van der Waals surface area contributed by atoms with E-state index in [9.17, 15) is 4.39 Å². The van der Waals surface area contributed by atoms with Gasteiger partial charge in [-0.15, -0.1) is 0 Å². The molecule has 0 saturated heterocycles. The van der Waals surface area contributed by atoms with Crippen LogP contribution in [0.2, 0.25) is 0 Å². The first-order chi connectivity index (χ1) is 9.20. The van der Waals surface area contributed by atoms with Gasteiger partial charge in [-0.1, -0.05) is 25.1 Å². The molecule has 0 saturated carbocycles. The van der Waals surface area contributed by atoms with E-state index in [0.717, 1.165) is 16.6 Å². The molecule has 0 aliphatic heterocycles. The van der Waals surface area contributed by atoms with E-state index in [4.69, 9.17) is 0 Å². The molecule has 0 fully saturated rings. The van der Waals surface area contributed by atoms with Gasteiger partial charge >= 0.3 is 0 Å². The van der Waals surface area contributed by atoms with Crippen LogP contribution in [0.25, 0.3) is 0 Å². The Labute approximate surface area is 121 Å². The fourth-order valence-electron chi connectivity index (χ4n) is 2.10. The quantitative estimate of drug-likeness (QED) is 0.903. The molecule has 100 valence electrons. The predicted molar refractivity (Wildman–Crippen MR) is 78.5 cm³/mol. The summed E-state index contributed by atoms with van der Waals surface area (Å²) in [6.07, 6.45) is 4.27. The second-order valence-corrected chi connectivity index (χ2v) is 5.26. The smallest absolute Gasteiger partial charge is 0.127 e. The van der Waals surface area contributed by atoms with Crippen molar-refractivity contribution >= 4 is 15.9 Å². The van der Waals surface area contributed by atoms with Crippen molar-refractivity contribution in [3.05, 3.63) is 64.1 Å². The number of aromatic nitrogens is 1. The van der Waals surface area contributed by atoms with E-state index in [-0.39, 0.29) is 11.9 Å². The number of hydrogen-bond donors (Lipinski definition) is 1. The predicted octanol–water partition coefficient (Wildman–Crippen LogP) is 3.88. The Morgan fingerprint density at radius 1 is 1.32 bits per heavy atom. The molecule has 1 N–H and O–H groups in total. The maximum Gasteiger partial charge on any atom is 0.127 e. The van der Waals surface area contributed by atoms with Crippen molar-refractivity contribution in [2.45, 2.75) is 19.4 Å². The van der Waals surface area contributed by atoms with Gasteiger partial charge in [-0.25, -0.2) is 4.39 Å². The maximum absolute atomic E-state index is 13.9. The van der Waals surface area contributed by atoms with Crippen molar-refractivity contribution in [3.8, 4) is 0 Å². The number of likely N-dealkylation sites (N-methyl/N-ethyl adjacent to an activating group) is 1. The van der Waals surface area contributed by atoms with Gasteiger partial charge in [0.15, 0.2) is 0 Å². The van der Waals surface area contributed by atoms with Crippen LogP contribution >= 0.6 is 15.9 Å². The molecule has 0 spiro atoms. The van der Waals surface area contributed by atoms with Crippen molar-refractivity contribution < 1.29 is 4.39 Å². The van der Waals surface area contributed by atoms with Gasteiger partial charge in [0, 0.05) is 28.5 Å². The number of nitrogens with one attached hydrogen (secondary N) is 1. The molecule has 0 amide bonds. The van der Waals surface area contributed by atoms with E-state index >= 15 is 0 Å². The van der Waals surface area contributed by atoms with E-state index in [0.29, 0.717) is 12.0 Å². The maximum atomic E-state index is 13.9. The number of hydrogen-bond acceptors (Lipinski definition) is 2. The standard InChI is InChI=1S/C15H16BrFN2/c1-2-19-15(13-5-3-4-6-14(13)17)8-11-7-12(16)10-18-9-11/h3-7,9-10,15,19H,2,8H2,1H3. The Bertz CT molecular complexity index is 545. The average Bonchev–Trinajstić information content (AvgIpc) is 2.39. The first-order valence-corrected chi connectivity index (χ1v) is 7.07. The topological polar surface area (TPSA) is 24.9 Å². The summed E-state index contributed by atoms with van der Waals surface area (Å²) in [6, 6.07) is 8.87. The van der Waals surface area contributed by atoms with E-state index in [1.807, 2.05) is 31.3 Å². The van der Waals surface area contributed by atoms with Crippen LogP contribution in [0, 0.1) is 5.82 Å². The summed E-state index contributed by atoms with van der Waals surface area (Å²) in [6.45, 7) is 2.81. The minimum absolute atomic E-state index is 0.0395. The van der Waals surface area contributed by atoms with E-state index in [1.165, 1.54) is 6.07 Å². The first kappa shape index (κ1) is 14.2. The van der Waals surface area contributed by atoms with Crippen molar-refractivity contribution in [2.75, 3.05) is 6.54 Å². The third kappa shape index (κ3) is 3.85. The van der Waals surface area contributed by atoms with Gasteiger partial charge in [-0.05, 0) is 46.6 Å². The van der Waals surface area contributed by atoms with Crippen molar-refractivity contribution in [1.29, 1.82) is 0 Å². The number of pyridine rings is 1. The third-order valence-electron chi connectivity index (χ3n) is 2.93. The highest BCUT2D eigenvalue weighted by Gasteiger charge is 2.15. The van der Waals surface area contributed by atoms with Gasteiger partial charge < -0.3 is 5.32 Å². The van der Waals surface area contributed by atoms with Gasteiger partial charge in [0.05, 0.1) is 0 Å². The molecule has 0 aliphatic carbocycles. The molecule has 1 aromatic heterocycles. The van der Waals surface area contributed by atoms with Crippen molar-refractivity contribution in [1.82, 2.24) is 10.3 Å². The summed E-state index contributed by atoms with van der Waals surface area (Å²) in [5.74, 6) is -0.170. The Balaban J connectivity index is 2.24. The van der Waals surface area contributed by atoms with Crippen LogP contribution in [-0.4, -0.2) is 11.5 Å². The van der Waals surface area contributed by atoms with Crippen LogP contribution < -0.4 is 5.32 Å². The van der Waals surface area contributed by atoms with E-state index in [2.05, 4.69) is 26.2 Å². The fourth-order valence-corrected chi connectivity index (χ4v) is 2.51. The monoisotopic (exact) mass is 322 g/mol. The summed E-state index contributed by atoms with van der Waals surface area (Å²) in [5.41, 5.74) is 1.77. The summed E-state index contributed by atoms with van der Waals surface area (Å²) in [4.78, 5) is 4.15. The van der Waals surface area contributed by atoms with Crippen molar-refractivity contribution in [2.24, 2.45) is 0 Å². The first-order valence-electron chi connectivity index (χ1n) is 6.28. The molecule has 1 unspecified atom stereocenters. The highest BCUT2D eigenvalue weighted by Crippen LogP contribution is 2.22. The minimum Gasteiger partial charge on any atom is -0.310 e. The zero-order valence-electron chi connectivity index (χ0n) is 10.7. The third-order valence-corrected chi connectivity index (χ3v) is 3.37. The van der Waals surface area contributed by atoms with Crippen molar-refractivity contribution in [3.63, 3.8) is 0 Å². The van der Waals surface area contributed by atoms with Crippen LogP contribution in [0.1, 0.15) is 24.1 Å². The normalized spacial score (nSPS) is 12.4. The molecule has 2 aromatic rings. The van der Waals surface area contributed by atoms with Crippen LogP contribution in [0.15, 0.2) is 47.2 Å². The number of rotatable bonds is 5. The largest absolute Gasteiger partial charge is 0.310 e. The molecular weight excluding hydrogens is 307 g/mol. The summed E-state index contributed by atoms with van der Waals surface area (Å²) >= 11 is 3.40. The van der Waals surface area contributed by atoms with Gasteiger partial charge in [-0.2, -0.15) is 0 Å². The lowest BCUT2D eigenvalue weighted by Crippen LogP contribution is -2.24. The van der Waals surface area contributed by atoms with Crippen LogP contribution in [0.4, 0.5) is 4.39 Å². The summed E-state index contributed by atoms with van der Waals surface area (Å²) in [7, 11) is 0. The van der Waals surface area contributed by atoms with Crippen LogP contribution in [0.3, 0.4) is 0 Å². The molecule has 2 rings (SSSR count). The molecule has 0 radical (unpaired) electrons. The summed E-state index contributed by atoms with van der Waals surface area (Å²) in [5, 5.41) is 3.32. The number of benzene rings is 1. The molecule has 19 heavy (non-hydrogen) atoms. The van der Waals surface area contributed by atoms with Gasteiger partial charge in [0.2, 0.25) is 0 Å². The average molecular weight is 323 g/mol. The van der Waals surface area contributed by atoms with E-state index in [1.54, 1.807) is 12.3 Å². The van der Waals surface area contributed by atoms with Crippen LogP contribution in [-0.2, 0) is 6.42 Å². The Morgan fingerprint density at radius 3 is 2.79 bits per heavy atom. The van der Waals surface area contributed by atoms with Gasteiger partial charge in [0.25, 0.3) is 0 Å². The molecule has 2 nitrogen and oxygen atoms in total. The Kier molecular flexibility index (Phi) is 5.05. The molecule has 0 aliphatic rings. The van der Waals surface area contributed by atoms with Crippen LogP contribution in [0.5, 0.6) is 0 Å². The summed E-state index contributed by atoms with van der Waals surface area (Å²) < 4.78 is 14.8. The molecular formula is C15H16BrFN2. The molecule has 0 bridgehead atoms. The fraction of sp³-hybridized carbons (Fsp3) is 0.267. The lowest BCUT2D eigenvalue weighted by atomic mass is 9.99. The van der Waals surface area contributed by atoms with Gasteiger partial charge in [0.1, 0.15) is 5.82 Å². The number of nitrogens with zero attached hydrogens (tertiary/aromatic N) is 1. The molecule has 4 heteroatoms. The molecule has 1 atom stereocenters. The SMILES string of the molecule is CCNC(Cc1cncc(Br)c1)c1ccccc1F. The lowest BCUT2D eigenvalue weighted by molar-refractivity contribution is 0.509. The minimum atomic E-state index is -0.170.